The van der Waals surface area contributed by atoms with Crippen molar-refractivity contribution in [2.75, 3.05) is 32.5 Å². The molecule has 0 aromatic carbocycles. The first-order valence-electron chi connectivity index (χ1n) is 11.3. The summed E-state index contributed by atoms with van der Waals surface area (Å²) in [4.78, 5) is 13.6. The van der Waals surface area contributed by atoms with E-state index in [4.69, 9.17) is 0 Å². The molecular formula is C21H32N6O2S2. The zero-order chi connectivity index (χ0) is 21.6. The molecule has 1 aliphatic heterocycles. The summed E-state index contributed by atoms with van der Waals surface area (Å²) in [6.45, 7) is 1.47. The van der Waals surface area contributed by atoms with Crippen molar-refractivity contribution in [2.45, 2.75) is 63.6 Å². The molecule has 0 atom stereocenters. The van der Waals surface area contributed by atoms with Gasteiger partial charge in [-0.05, 0) is 70.5 Å². The first kappa shape index (κ1) is 21.5. The minimum Gasteiger partial charge on any atom is -0.367 e. The largest absolute Gasteiger partial charge is 0.367 e. The third kappa shape index (κ3) is 4.59. The molecule has 0 bridgehead atoms. The zero-order valence-corrected chi connectivity index (χ0v) is 19.9. The van der Waals surface area contributed by atoms with Crippen molar-refractivity contribution in [2.24, 2.45) is 5.92 Å². The van der Waals surface area contributed by atoms with Crippen LogP contribution in [0.4, 0.5) is 5.82 Å². The molecule has 10 heteroatoms. The predicted molar refractivity (Wildman–Crippen MR) is 125 cm³/mol. The SMILES string of the molecule is CN(C)[C@H]1CC[C@H](Nc2ncnc3sc4c(c23)CN(S(=O)(=O)NCC2CC2)CC4)CC1. The summed E-state index contributed by atoms with van der Waals surface area (Å²) in [5.41, 5.74) is 1.08. The quantitative estimate of drug-likeness (QED) is 0.655. The van der Waals surface area contributed by atoms with Crippen LogP contribution in [-0.2, 0) is 23.2 Å². The second kappa shape index (κ2) is 8.55. The third-order valence-electron chi connectivity index (χ3n) is 6.95. The van der Waals surface area contributed by atoms with Gasteiger partial charge in [-0.3, -0.25) is 0 Å². The normalized spacial score (nSPS) is 25.1. The number of nitrogens with one attached hydrogen (secondary N) is 2. The number of anilines is 1. The Hall–Kier alpha value is -1.33. The molecule has 2 fully saturated rings. The number of hydrogen-bond acceptors (Lipinski definition) is 7. The Morgan fingerprint density at radius 2 is 1.94 bits per heavy atom. The van der Waals surface area contributed by atoms with Gasteiger partial charge in [0.2, 0.25) is 0 Å². The van der Waals surface area contributed by atoms with Crippen molar-refractivity contribution in [1.29, 1.82) is 0 Å². The average molecular weight is 465 g/mol. The highest BCUT2D eigenvalue weighted by molar-refractivity contribution is 7.87. The molecule has 2 N–H and O–H groups in total. The minimum absolute atomic E-state index is 0.394. The van der Waals surface area contributed by atoms with Gasteiger partial charge in [0.25, 0.3) is 10.2 Å². The molecule has 0 spiro atoms. The van der Waals surface area contributed by atoms with E-state index in [0.717, 1.165) is 53.7 Å². The van der Waals surface area contributed by atoms with Crippen molar-refractivity contribution < 1.29 is 8.42 Å². The van der Waals surface area contributed by atoms with Crippen LogP contribution in [0.3, 0.4) is 0 Å². The lowest BCUT2D eigenvalue weighted by molar-refractivity contribution is 0.221. The molecule has 0 radical (unpaired) electrons. The molecule has 2 aromatic rings. The monoisotopic (exact) mass is 464 g/mol. The second-order valence-corrected chi connectivity index (χ2v) is 12.2. The lowest BCUT2D eigenvalue weighted by Crippen LogP contribution is -2.43. The number of hydrogen-bond donors (Lipinski definition) is 2. The maximum atomic E-state index is 12.8. The lowest BCUT2D eigenvalue weighted by atomic mass is 9.90. The van der Waals surface area contributed by atoms with Crippen LogP contribution in [0, 0.1) is 5.92 Å². The number of rotatable bonds is 7. The third-order valence-corrected chi connectivity index (χ3v) is 9.68. The van der Waals surface area contributed by atoms with E-state index in [2.05, 4.69) is 39.0 Å². The van der Waals surface area contributed by atoms with E-state index in [1.807, 2.05) is 0 Å². The first-order chi connectivity index (χ1) is 14.9. The van der Waals surface area contributed by atoms with Crippen LogP contribution in [0.15, 0.2) is 6.33 Å². The zero-order valence-electron chi connectivity index (χ0n) is 18.3. The van der Waals surface area contributed by atoms with Gasteiger partial charge in [-0.1, -0.05) is 0 Å². The van der Waals surface area contributed by atoms with Crippen molar-refractivity contribution >= 4 is 37.6 Å². The van der Waals surface area contributed by atoms with Crippen LogP contribution in [0.5, 0.6) is 0 Å². The maximum absolute atomic E-state index is 12.8. The van der Waals surface area contributed by atoms with Crippen LogP contribution in [0.25, 0.3) is 10.2 Å². The topological polar surface area (TPSA) is 90.5 Å². The Morgan fingerprint density at radius 3 is 2.65 bits per heavy atom. The summed E-state index contributed by atoms with van der Waals surface area (Å²) in [5.74, 6) is 1.38. The summed E-state index contributed by atoms with van der Waals surface area (Å²) in [7, 11) is 0.852. The van der Waals surface area contributed by atoms with Gasteiger partial charge in [0.05, 0.1) is 5.39 Å². The molecule has 3 aliphatic rings. The fraction of sp³-hybridized carbons (Fsp3) is 0.714. The van der Waals surface area contributed by atoms with Gasteiger partial charge in [-0.2, -0.15) is 12.7 Å². The molecule has 2 aliphatic carbocycles. The molecule has 8 nitrogen and oxygen atoms in total. The summed E-state index contributed by atoms with van der Waals surface area (Å²) >= 11 is 1.68. The highest BCUT2D eigenvalue weighted by atomic mass is 32.2. The highest BCUT2D eigenvalue weighted by Crippen LogP contribution is 2.38. The molecule has 0 amide bonds. The maximum Gasteiger partial charge on any atom is 0.279 e. The Labute approximate surface area is 188 Å². The van der Waals surface area contributed by atoms with Crippen LogP contribution in [0.2, 0.25) is 0 Å². The number of fused-ring (bicyclic) bond motifs is 3. The van der Waals surface area contributed by atoms with Crippen molar-refractivity contribution in [3.63, 3.8) is 0 Å². The Bertz CT molecular complexity index is 1040. The highest BCUT2D eigenvalue weighted by Gasteiger charge is 2.32. The Balaban J connectivity index is 1.35. The standard InChI is InChI=1S/C21H32N6O2S2/c1-26(2)16-7-5-15(6-8-16)25-20-19-17-12-27(31(28,29)24-11-14-3-4-14)10-9-18(17)30-21(19)23-13-22-20/h13-16,24H,3-12H2,1-2H3,(H,22,23,25)/t15-,16-. The van der Waals surface area contributed by atoms with Crippen LogP contribution in [-0.4, -0.2) is 66.9 Å². The minimum atomic E-state index is -3.46. The van der Waals surface area contributed by atoms with E-state index < -0.39 is 10.2 Å². The number of aromatic nitrogens is 2. The van der Waals surface area contributed by atoms with Gasteiger partial charge in [-0.15, -0.1) is 11.3 Å². The fourth-order valence-corrected chi connectivity index (χ4v) is 7.17. The summed E-state index contributed by atoms with van der Waals surface area (Å²) in [6.07, 6.45) is 9.21. The molecule has 3 heterocycles. The Kier molecular flexibility index (Phi) is 5.93. The van der Waals surface area contributed by atoms with Gasteiger partial charge >= 0.3 is 0 Å². The van der Waals surface area contributed by atoms with E-state index in [1.54, 1.807) is 22.0 Å². The predicted octanol–water partition coefficient (Wildman–Crippen LogP) is 2.58. The average Bonchev–Trinajstić information content (AvgIpc) is 3.51. The molecule has 2 saturated carbocycles. The molecule has 0 unspecified atom stereocenters. The molecule has 2 aromatic heterocycles. The number of nitrogens with zero attached hydrogens (tertiary/aromatic N) is 4. The van der Waals surface area contributed by atoms with E-state index >= 15 is 0 Å². The lowest BCUT2D eigenvalue weighted by Gasteiger charge is -2.33. The summed E-state index contributed by atoms with van der Waals surface area (Å²) in [6, 6.07) is 1.05. The van der Waals surface area contributed by atoms with E-state index in [9.17, 15) is 8.42 Å². The fourth-order valence-electron chi connectivity index (χ4n) is 4.77. The Morgan fingerprint density at radius 1 is 1.16 bits per heavy atom. The van der Waals surface area contributed by atoms with Gasteiger partial charge < -0.3 is 10.2 Å². The van der Waals surface area contributed by atoms with E-state index in [-0.39, 0.29) is 0 Å². The van der Waals surface area contributed by atoms with Gasteiger partial charge in [0.1, 0.15) is 17.0 Å². The molecule has 31 heavy (non-hydrogen) atoms. The van der Waals surface area contributed by atoms with E-state index in [0.29, 0.717) is 37.6 Å². The number of thiophene rings is 1. The molecule has 170 valence electrons. The molecule has 5 rings (SSSR count). The van der Waals surface area contributed by atoms with Crippen LogP contribution < -0.4 is 10.0 Å². The van der Waals surface area contributed by atoms with Gasteiger partial charge in [-0.25, -0.2) is 14.7 Å². The first-order valence-corrected chi connectivity index (χ1v) is 13.6. The summed E-state index contributed by atoms with van der Waals surface area (Å²) < 4.78 is 30.1. The second-order valence-electron chi connectivity index (χ2n) is 9.40. The smallest absolute Gasteiger partial charge is 0.279 e. The van der Waals surface area contributed by atoms with Crippen LogP contribution >= 0.6 is 11.3 Å². The molecular weight excluding hydrogens is 432 g/mol. The van der Waals surface area contributed by atoms with Gasteiger partial charge in [0, 0.05) is 36.6 Å². The van der Waals surface area contributed by atoms with Crippen LogP contribution in [0.1, 0.15) is 49.0 Å². The van der Waals surface area contributed by atoms with Crippen molar-refractivity contribution in [3.8, 4) is 0 Å². The summed E-state index contributed by atoms with van der Waals surface area (Å²) in [5, 5.41) is 4.69. The van der Waals surface area contributed by atoms with E-state index in [1.165, 1.54) is 17.7 Å². The van der Waals surface area contributed by atoms with Gasteiger partial charge in [0.15, 0.2) is 0 Å². The van der Waals surface area contributed by atoms with Crippen molar-refractivity contribution in [3.05, 3.63) is 16.8 Å². The van der Waals surface area contributed by atoms with Crippen molar-refractivity contribution in [1.82, 2.24) is 23.9 Å². The molecule has 0 saturated heterocycles.